The Kier molecular flexibility index (Phi) is 5.71. The van der Waals surface area contributed by atoms with E-state index in [1.165, 1.54) is 0 Å². The summed E-state index contributed by atoms with van der Waals surface area (Å²) in [6, 6.07) is 19.7. The Bertz CT molecular complexity index is 963. The number of anilines is 1. The van der Waals surface area contributed by atoms with Crippen molar-refractivity contribution in [2.24, 2.45) is 5.10 Å². The lowest BCUT2D eigenvalue weighted by Gasteiger charge is -2.07. The first-order valence-electron chi connectivity index (χ1n) is 8.81. The number of nitrogens with zero attached hydrogens (tertiary/aromatic N) is 3. The second kappa shape index (κ2) is 8.36. The minimum absolute atomic E-state index is 0.156. The highest BCUT2D eigenvalue weighted by molar-refractivity contribution is 5.99. The number of nitrogens with one attached hydrogen (secondary N) is 1. The van der Waals surface area contributed by atoms with Crippen LogP contribution in [0.2, 0.25) is 0 Å². The van der Waals surface area contributed by atoms with Crippen LogP contribution in [0.4, 0.5) is 5.82 Å². The number of hydrogen-bond acceptors (Lipinski definition) is 5. The van der Waals surface area contributed by atoms with Crippen LogP contribution in [0.5, 0.6) is 0 Å². The fourth-order valence-electron chi connectivity index (χ4n) is 2.74. The van der Waals surface area contributed by atoms with E-state index in [-0.39, 0.29) is 5.78 Å². The van der Waals surface area contributed by atoms with Crippen molar-refractivity contribution in [2.75, 3.05) is 5.43 Å². The van der Waals surface area contributed by atoms with Gasteiger partial charge in [-0.1, -0.05) is 54.6 Å². The van der Waals surface area contributed by atoms with Crippen LogP contribution >= 0.6 is 0 Å². The number of carbonyl (C=O) groups excluding carboxylic acids is 1. The zero-order valence-electron chi connectivity index (χ0n) is 15.7. The molecular formula is C22H22N4O. The Labute approximate surface area is 159 Å². The number of aromatic nitrogens is 2. The maximum atomic E-state index is 11.2. The first kappa shape index (κ1) is 18.5. The Morgan fingerprint density at radius 1 is 1.00 bits per heavy atom. The maximum absolute atomic E-state index is 11.2. The van der Waals surface area contributed by atoms with Crippen molar-refractivity contribution in [2.45, 2.75) is 27.2 Å². The standard InChI is InChI=1S/C22H22N4O/c1-15(27)13-18-9-11-19(12-10-18)16(2)25-26-22-14-21(23-17(3)24-22)20-7-5-4-6-8-20/h4-12,14H,13H2,1-3H3,(H,23,24,26)/b25-16+. The summed E-state index contributed by atoms with van der Waals surface area (Å²) < 4.78 is 0. The number of rotatable bonds is 6. The number of Topliss-reactive ketones (excluding diaryl/α,β-unsaturated/α-hetero) is 1. The summed E-state index contributed by atoms with van der Waals surface area (Å²) in [5, 5.41) is 4.44. The van der Waals surface area contributed by atoms with Crippen molar-refractivity contribution >= 4 is 17.3 Å². The molecule has 1 N–H and O–H groups in total. The third-order valence-electron chi connectivity index (χ3n) is 4.07. The zero-order chi connectivity index (χ0) is 19.2. The molecule has 0 spiro atoms. The van der Waals surface area contributed by atoms with E-state index in [2.05, 4.69) is 20.5 Å². The number of aryl methyl sites for hydroxylation is 1. The minimum Gasteiger partial charge on any atom is -0.300 e. The van der Waals surface area contributed by atoms with Crippen LogP contribution in [0.1, 0.15) is 30.8 Å². The number of hydrogen-bond donors (Lipinski definition) is 1. The largest absolute Gasteiger partial charge is 0.300 e. The highest BCUT2D eigenvalue weighted by Crippen LogP contribution is 2.19. The van der Waals surface area contributed by atoms with E-state index in [9.17, 15) is 4.79 Å². The normalized spacial score (nSPS) is 11.3. The van der Waals surface area contributed by atoms with Crippen LogP contribution < -0.4 is 5.43 Å². The van der Waals surface area contributed by atoms with Crippen LogP contribution in [0, 0.1) is 6.92 Å². The van der Waals surface area contributed by atoms with Crippen LogP contribution in [0.3, 0.4) is 0 Å². The topological polar surface area (TPSA) is 67.2 Å². The average Bonchev–Trinajstić information content (AvgIpc) is 2.66. The minimum atomic E-state index is 0.156. The molecule has 0 saturated heterocycles. The summed E-state index contributed by atoms with van der Waals surface area (Å²) in [4.78, 5) is 20.1. The zero-order valence-corrected chi connectivity index (χ0v) is 15.7. The molecule has 5 nitrogen and oxygen atoms in total. The van der Waals surface area contributed by atoms with Gasteiger partial charge in [0.25, 0.3) is 0 Å². The van der Waals surface area contributed by atoms with E-state index >= 15 is 0 Å². The van der Waals surface area contributed by atoms with E-state index in [0.29, 0.717) is 18.1 Å². The third kappa shape index (κ3) is 5.07. The van der Waals surface area contributed by atoms with E-state index in [1.807, 2.05) is 74.5 Å². The number of carbonyl (C=O) groups is 1. The van der Waals surface area contributed by atoms with Crippen LogP contribution in [-0.2, 0) is 11.2 Å². The highest BCUT2D eigenvalue weighted by Gasteiger charge is 2.05. The molecule has 3 aromatic rings. The molecule has 0 amide bonds. The number of benzene rings is 2. The van der Waals surface area contributed by atoms with Gasteiger partial charge < -0.3 is 0 Å². The Morgan fingerprint density at radius 2 is 1.70 bits per heavy atom. The molecular weight excluding hydrogens is 336 g/mol. The van der Waals surface area contributed by atoms with Crippen molar-refractivity contribution in [3.05, 3.63) is 77.6 Å². The van der Waals surface area contributed by atoms with Gasteiger partial charge in [-0.2, -0.15) is 5.10 Å². The molecule has 0 saturated carbocycles. The molecule has 0 fully saturated rings. The molecule has 0 unspecified atom stereocenters. The summed E-state index contributed by atoms with van der Waals surface area (Å²) in [5.41, 5.74) is 7.74. The molecule has 0 aliphatic rings. The van der Waals surface area contributed by atoms with E-state index < -0.39 is 0 Å². The van der Waals surface area contributed by atoms with E-state index in [1.54, 1.807) is 6.92 Å². The quantitative estimate of drug-likeness (QED) is 0.523. The van der Waals surface area contributed by atoms with Gasteiger partial charge in [0.05, 0.1) is 11.4 Å². The maximum Gasteiger partial charge on any atom is 0.150 e. The van der Waals surface area contributed by atoms with E-state index in [0.717, 1.165) is 28.1 Å². The van der Waals surface area contributed by atoms with Gasteiger partial charge in [0.1, 0.15) is 17.4 Å². The monoisotopic (exact) mass is 358 g/mol. The Hall–Kier alpha value is -3.34. The lowest BCUT2D eigenvalue weighted by atomic mass is 10.1. The molecule has 5 heteroatoms. The summed E-state index contributed by atoms with van der Waals surface area (Å²) in [7, 11) is 0. The van der Waals surface area contributed by atoms with Gasteiger partial charge in [-0.05, 0) is 31.9 Å². The molecule has 136 valence electrons. The summed E-state index contributed by atoms with van der Waals surface area (Å²) in [6.07, 6.45) is 0.456. The SMILES string of the molecule is CC(=O)Cc1ccc(/C(C)=N/Nc2cc(-c3ccccc3)nc(C)n2)cc1. The van der Waals surface area contributed by atoms with Gasteiger partial charge in [0, 0.05) is 18.1 Å². The summed E-state index contributed by atoms with van der Waals surface area (Å²) >= 11 is 0. The predicted molar refractivity (Wildman–Crippen MR) is 109 cm³/mol. The van der Waals surface area contributed by atoms with Crippen molar-refractivity contribution in [1.82, 2.24) is 9.97 Å². The molecule has 0 radical (unpaired) electrons. The lowest BCUT2D eigenvalue weighted by Crippen LogP contribution is -2.03. The van der Waals surface area contributed by atoms with E-state index in [4.69, 9.17) is 0 Å². The van der Waals surface area contributed by atoms with Gasteiger partial charge in [0.15, 0.2) is 0 Å². The molecule has 2 aromatic carbocycles. The average molecular weight is 358 g/mol. The van der Waals surface area contributed by atoms with Gasteiger partial charge in [0.2, 0.25) is 0 Å². The highest BCUT2D eigenvalue weighted by atomic mass is 16.1. The molecule has 1 heterocycles. The van der Waals surface area contributed by atoms with Crippen LogP contribution in [0.15, 0.2) is 65.8 Å². The van der Waals surface area contributed by atoms with Crippen LogP contribution in [-0.4, -0.2) is 21.5 Å². The summed E-state index contributed by atoms with van der Waals surface area (Å²) in [6.45, 7) is 5.39. The van der Waals surface area contributed by atoms with Crippen molar-refractivity contribution in [1.29, 1.82) is 0 Å². The van der Waals surface area contributed by atoms with Crippen molar-refractivity contribution in [3.8, 4) is 11.3 Å². The van der Waals surface area contributed by atoms with Gasteiger partial charge >= 0.3 is 0 Å². The molecule has 1 aromatic heterocycles. The molecule has 0 aliphatic heterocycles. The molecule has 3 rings (SSSR count). The second-order valence-electron chi connectivity index (χ2n) is 6.44. The smallest absolute Gasteiger partial charge is 0.150 e. The Morgan fingerprint density at radius 3 is 2.37 bits per heavy atom. The first-order valence-corrected chi connectivity index (χ1v) is 8.81. The molecule has 0 aliphatic carbocycles. The van der Waals surface area contributed by atoms with Gasteiger partial charge in [-0.3, -0.25) is 10.2 Å². The first-order chi connectivity index (χ1) is 13.0. The molecule has 27 heavy (non-hydrogen) atoms. The van der Waals surface area contributed by atoms with Crippen molar-refractivity contribution < 1.29 is 4.79 Å². The fraction of sp³-hybridized carbons (Fsp3) is 0.182. The fourth-order valence-corrected chi connectivity index (χ4v) is 2.74. The van der Waals surface area contributed by atoms with Gasteiger partial charge in [-0.25, -0.2) is 9.97 Å². The van der Waals surface area contributed by atoms with Gasteiger partial charge in [-0.15, -0.1) is 0 Å². The number of ketones is 1. The molecule has 0 atom stereocenters. The van der Waals surface area contributed by atoms with Crippen molar-refractivity contribution in [3.63, 3.8) is 0 Å². The second-order valence-corrected chi connectivity index (χ2v) is 6.44. The third-order valence-corrected chi connectivity index (χ3v) is 4.07. The predicted octanol–water partition coefficient (Wildman–Crippen LogP) is 4.42. The number of hydrazone groups is 1. The summed E-state index contributed by atoms with van der Waals surface area (Å²) in [5.74, 6) is 1.48. The Balaban J connectivity index is 1.77. The van der Waals surface area contributed by atoms with Crippen LogP contribution in [0.25, 0.3) is 11.3 Å². The lowest BCUT2D eigenvalue weighted by molar-refractivity contribution is -0.116. The molecule has 0 bridgehead atoms.